The Hall–Kier alpha value is -1.33. The van der Waals surface area contributed by atoms with Crippen LogP contribution in [0.2, 0.25) is 0 Å². The lowest BCUT2D eigenvalue weighted by Gasteiger charge is -2.23. The summed E-state index contributed by atoms with van der Waals surface area (Å²) in [4.78, 5) is 1.99. The molecule has 0 spiro atoms. The molecule has 0 fully saturated rings. The topological polar surface area (TPSA) is 57.6 Å². The molecule has 5 heteroatoms. The molecule has 0 unspecified atom stereocenters. The van der Waals surface area contributed by atoms with E-state index in [0.29, 0.717) is 0 Å². The van der Waals surface area contributed by atoms with Crippen molar-refractivity contribution >= 4 is 15.8 Å². The van der Waals surface area contributed by atoms with Gasteiger partial charge in [0, 0.05) is 23.8 Å². The number of likely N-dealkylation sites (N-methyl/N-ethyl adjacent to an activating group) is 1. The van der Waals surface area contributed by atoms with E-state index in [1.807, 2.05) is 38.8 Å². The van der Waals surface area contributed by atoms with Crippen molar-refractivity contribution < 1.29 is 13.0 Å². The highest BCUT2D eigenvalue weighted by atomic mass is 32.2. The van der Waals surface area contributed by atoms with Gasteiger partial charge >= 0.3 is 0 Å². The molecule has 1 aromatic rings. The molecule has 0 saturated heterocycles. The van der Waals surface area contributed by atoms with Crippen molar-refractivity contribution in [1.82, 2.24) is 0 Å². The van der Waals surface area contributed by atoms with Crippen molar-refractivity contribution in [3.63, 3.8) is 0 Å². The van der Waals surface area contributed by atoms with Crippen LogP contribution in [0.3, 0.4) is 0 Å². The molecule has 1 heterocycles. The van der Waals surface area contributed by atoms with Crippen molar-refractivity contribution in [3.05, 3.63) is 35.5 Å². The van der Waals surface area contributed by atoms with Crippen LogP contribution >= 0.6 is 0 Å². The van der Waals surface area contributed by atoms with Gasteiger partial charge in [-0.05, 0) is 30.7 Å². The summed E-state index contributed by atoms with van der Waals surface area (Å²) in [6, 6.07) is 4.72. The fourth-order valence-electron chi connectivity index (χ4n) is 2.71. The zero-order valence-electron chi connectivity index (χ0n) is 10.9. The molecule has 1 N–H and O–H groups in total. The van der Waals surface area contributed by atoms with E-state index in [2.05, 4.69) is 0 Å². The van der Waals surface area contributed by atoms with Gasteiger partial charge in [-0.25, -0.2) is 0 Å². The van der Waals surface area contributed by atoms with Crippen LogP contribution in [0, 0.1) is 0 Å². The maximum atomic E-state index is 11.2. The van der Waals surface area contributed by atoms with E-state index in [9.17, 15) is 8.42 Å². The third-order valence-corrected chi connectivity index (χ3v) is 4.43. The molecule has 0 amide bonds. The van der Waals surface area contributed by atoms with Gasteiger partial charge in [0.1, 0.15) is 0 Å². The zero-order valence-corrected chi connectivity index (χ0v) is 11.7. The molecule has 18 heavy (non-hydrogen) atoms. The molecule has 98 valence electrons. The van der Waals surface area contributed by atoms with Crippen molar-refractivity contribution in [2.75, 3.05) is 11.9 Å². The van der Waals surface area contributed by atoms with E-state index in [1.54, 1.807) is 12.1 Å². The number of nitrogens with zero attached hydrogens (tertiary/aromatic N) is 1. The van der Waals surface area contributed by atoms with E-state index in [4.69, 9.17) is 4.55 Å². The van der Waals surface area contributed by atoms with Crippen LogP contribution in [0.5, 0.6) is 0 Å². The normalized spacial score (nSPS) is 20.3. The number of fused-ring (bicyclic) bond motifs is 1. The number of allylic oxidation sites excluding steroid dienone is 2. The number of benzene rings is 1. The van der Waals surface area contributed by atoms with Crippen LogP contribution in [0.4, 0.5) is 5.69 Å². The Morgan fingerprint density at radius 3 is 2.44 bits per heavy atom. The van der Waals surface area contributed by atoms with E-state index in [0.717, 1.165) is 16.9 Å². The van der Waals surface area contributed by atoms with Gasteiger partial charge < -0.3 is 4.90 Å². The molecule has 4 nitrogen and oxygen atoms in total. The molecule has 0 aliphatic carbocycles. The molecular weight excluding hydrogens is 250 g/mol. The van der Waals surface area contributed by atoms with E-state index < -0.39 is 10.1 Å². The molecule has 2 rings (SSSR count). The zero-order chi connectivity index (χ0) is 13.7. The largest absolute Gasteiger partial charge is 0.347 e. The summed E-state index contributed by atoms with van der Waals surface area (Å²) >= 11 is 0. The van der Waals surface area contributed by atoms with Gasteiger partial charge in [-0.1, -0.05) is 19.9 Å². The second-order valence-electron chi connectivity index (χ2n) is 5.01. The fourth-order valence-corrected chi connectivity index (χ4v) is 3.22. The molecule has 0 aromatic heterocycles. The SMILES string of the molecule is C/C=C1/N(C)c2ccc(S(=O)(=O)O)cc2C1(C)C. The van der Waals surface area contributed by atoms with Crippen LogP contribution in [0.15, 0.2) is 34.9 Å². The Labute approximate surface area is 108 Å². The van der Waals surface area contributed by atoms with Crippen LogP contribution < -0.4 is 4.90 Å². The second kappa shape index (κ2) is 3.83. The summed E-state index contributed by atoms with van der Waals surface area (Å²) in [6.45, 7) is 6.04. The standard InChI is InChI=1S/C13H17NO3S/c1-5-12-13(2,3)10-8-9(18(15,16)17)6-7-11(10)14(12)4/h5-8H,1-4H3,(H,15,16,17)/b12-5+. The summed E-state index contributed by atoms with van der Waals surface area (Å²) in [5.74, 6) is 0. The van der Waals surface area contributed by atoms with Gasteiger partial charge in [0.2, 0.25) is 0 Å². The lowest BCUT2D eigenvalue weighted by molar-refractivity contribution is 0.483. The Balaban J connectivity index is 2.71. The summed E-state index contributed by atoms with van der Waals surface area (Å²) in [7, 11) is -2.20. The molecule has 1 aromatic carbocycles. The van der Waals surface area contributed by atoms with Crippen LogP contribution in [0.1, 0.15) is 26.3 Å². The average molecular weight is 267 g/mol. The third kappa shape index (κ3) is 1.74. The molecule has 0 saturated carbocycles. The Morgan fingerprint density at radius 2 is 1.94 bits per heavy atom. The van der Waals surface area contributed by atoms with Gasteiger partial charge in [0.05, 0.1) is 4.90 Å². The first kappa shape index (κ1) is 13.1. The smallest absolute Gasteiger partial charge is 0.294 e. The van der Waals surface area contributed by atoms with Gasteiger partial charge in [-0.3, -0.25) is 4.55 Å². The Morgan fingerprint density at radius 1 is 1.33 bits per heavy atom. The van der Waals surface area contributed by atoms with Gasteiger partial charge in [0.25, 0.3) is 10.1 Å². The highest BCUT2D eigenvalue weighted by Gasteiger charge is 2.38. The highest BCUT2D eigenvalue weighted by molar-refractivity contribution is 7.85. The summed E-state index contributed by atoms with van der Waals surface area (Å²) in [5, 5.41) is 0. The minimum absolute atomic E-state index is 0.0555. The highest BCUT2D eigenvalue weighted by Crippen LogP contribution is 2.47. The van der Waals surface area contributed by atoms with Gasteiger partial charge in [0.15, 0.2) is 0 Å². The maximum absolute atomic E-state index is 11.2. The Bertz CT molecular complexity index is 630. The van der Waals surface area contributed by atoms with E-state index >= 15 is 0 Å². The number of anilines is 1. The van der Waals surface area contributed by atoms with Crippen LogP contribution in [-0.2, 0) is 15.5 Å². The first-order chi connectivity index (χ1) is 8.19. The predicted octanol–water partition coefficient (Wildman–Crippen LogP) is 2.56. The molecule has 0 atom stereocenters. The summed E-state index contributed by atoms with van der Waals surface area (Å²) < 4.78 is 31.5. The van der Waals surface area contributed by atoms with E-state index in [-0.39, 0.29) is 10.3 Å². The van der Waals surface area contributed by atoms with Crippen molar-refractivity contribution in [2.24, 2.45) is 0 Å². The predicted molar refractivity (Wildman–Crippen MR) is 71.4 cm³/mol. The molecule has 0 radical (unpaired) electrons. The monoisotopic (exact) mass is 267 g/mol. The minimum atomic E-state index is -4.15. The fraction of sp³-hybridized carbons (Fsp3) is 0.385. The van der Waals surface area contributed by atoms with Crippen LogP contribution in [0.25, 0.3) is 0 Å². The summed E-state index contributed by atoms with van der Waals surface area (Å²) in [5.41, 5.74) is 2.73. The number of hydrogen-bond acceptors (Lipinski definition) is 3. The molecule has 1 aliphatic rings. The van der Waals surface area contributed by atoms with Crippen LogP contribution in [-0.4, -0.2) is 20.0 Å². The first-order valence-electron chi connectivity index (χ1n) is 5.72. The maximum Gasteiger partial charge on any atom is 0.294 e. The van der Waals surface area contributed by atoms with Gasteiger partial charge in [-0.15, -0.1) is 0 Å². The minimum Gasteiger partial charge on any atom is -0.347 e. The quantitative estimate of drug-likeness (QED) is 0.794. The molecular formula is C13H17NO3S. The third-order valence-electron chi connectivity index (χ3n) is 3.58. The molecule has 0 bridgehead atoms. The number of rotatable bonds is 1. The van der Waals surface area contributed by atoms with Crippen molar-refractivity contribution in [3.8, 4) is 0 Å². The average Bonchev–Trinajstić information content (AvgIpc) is 2.45. The first-order valence-corrected chi connectivity index (χ1v) is 7.16. The van der Waals surface area contributed by atoms with Crippen molar-refractivity contribution in [2.45, 2.75) is 31.1 Å². The lowest BCUT2D eigenvalue weighted by atomic mass is 9.84. The molecule has 1 aliphatic heterocycles. The number of hydrogen-bond donors (Lipinski definition) is 1. The lowest BCUT2D eigenvalue weighted by Crippen LogP contribution is -2.22. The van der Waals surface area contributed by atoms with Gasteiger partial charge in [-0.2, -0.15) is 8.42 Å². The Kier molecular flexibility index (Phi) is 2.79. The van der Waals surface area contributed by atoms with Crippen molar-refractivity contribution in [1.29, 1.82) is 0 Å². The summed E-state index contributed by atoms with van der Waals surface area (Å²) in [6.07, 6.45) is 2.02. The van der Waals surface area contributed by atoms with E-state index in [1.165, 1.54) is 6.07 Å². The second-order valence-corrected chi connectivity index (χ2v) is 6.43.